The molecule has 7 heteroatoms. The van der Waals surface area contributed by atoms with Crippen molar-refractivity contribution >= 4 is 27.4 Å². The summed E-state index contributed by atoms with van der Waals surface area (Å²) in [4.78, 5) is 4.19. The number of anilines is 1. The molecule has 0 aliphatic heterocycles. The maximum atomic E-state index is 12.4. The molecule has 1 N–H and O–H groups in total. The Labute approximate surface area is 129 Å². The second kappa shape index (κ2) is 6.43. The fraction of sp³-hybridized carbons (Fsp3) is 0.214. The van der Waals surface area contributed by atoms with Crippen molar-refractivity contribution in [3.05, 3.63) is 53.2 Å². The van der Waals surface area contributed by atoms with Gasteiger partial charge in [-0.2, -0.15) is 4.31 Å². The number of nitrogens with zero attached hydrogens (tertiary/aromatic N) is 2. The Bertz CT molecular complexity index is 700. The number of aromatic nitrogens is 1. The van der Waals surface area contributed by atoms with E-state index in [9.17, 15) is 8.42 Å². The number of sulfonamides is 1. The molecule has 0 atom stereocenters. The van der Waals surface area contributed by atoms with Crippen molar-refractivity contribution < 1.29 is 8.42 Å². The molecule has 0 fully saturated rings. The minimum atomic E-state index is -3.56. The first-order valence-corrected chi connectivity index (χ1v) is 8.10. The van der Waals surface area contributed by atoms with Crippen LogP contribution in [0.2, 0.25) is 5.02 Å². The number of halogens is 1. The van der Waals surface area contributed by atoms with Crippen molar-refractivity contribution in [2.24, 2.45) is 0 Å². The molecule has 0 radical (unpaired) electrons. The van der Waals surface area contributed by atoms with Crippen LogP contribution in [0.1, 0.15) is 5.56 Å². The molecule has 0 amide bonds. The van der Waals surface area contributed by atoms with E-state index in [1.807, 2.05) is 0 Å². The Morgan fingerprint density at radius 1 is 1.19 bits per heavy atom. The van der Waals surface area contributed by atoms with E-state index in [4.69, 9.17) is 11.6 Å². The molecule has 0 aliphatic carbocycles. The molecule has 0 aliphatic rings. The number of nitrogens with one attached hydrogen (secondary N) is 1. The molecular formula is C14H16ClN3O2S. The predicted octanol–water partition coefficient (Wildman–Crippen LogP) is 2.60. The number of hydrogen-bond donors (Lipinski definition) is 1. The first-order valence-electron chi connectivity index (χ1n) is 6.28. The van der Waals surface area contributed by atoms with Crippen LogP contribution in [0.15, 0.2) is 47.5 Å². The van der Waals surface area contributed by atoms with Crippen molar-refractivity contribution in [3.8, 4) is 0 Å². The van der Waals surface area contributed by atoms with Gasteiger partial charge in [0.25, 0.3) is 0 Å². The molecule has 0 saturated carbocycles. The minimum Gasteiger partial charge on any atom is -0.373 e. The van der Waals surface area contributed by atoms with E-state index in [1.165, 1.54) is 23.6 Å². The Morgan fingerprint density at radius 2 is 1.86 bits per heavy atom. The van der Waals surface area contributed by atoms with Gasteiger partial charge in [-0.3, -0.25) is 0 Å². The lowest BCUT2D eigenvalue weighted by Gasteiger charge is -2.17. The lowest BCUT2D eigenvalue weighted by molar-refractivity contribution is 0.466. The fourth-order valence-electron chi connectivity index (χ4n) is 1.79. The second-order valence-electron chi connectivity index (χ2n) is 4.52. The molecule has 5 nitrogen and oxygen atoms in total. The zero-order valence-electron chi connectivity index (χ0n) is 11.7. The molecule has 112 valence electrons. The molecule has 0 unspecified atom stereocenters. The van der Waals surface area contributed by atoms with Crippen molar-refractivity contribution in [2.75, 3.05) is 19.4 Å². The van der Waals surface area contributed by atoms with Gasteiger partial charge >= 0.3 is 0 Å². The highest BCUT2D eigenvalue weighted by Gasteiger charge is 2.21. The lowest BCUT2D eigenvalue weighted by atomic mass is 10.2. The summed E-state index contributed by atoms with van der Waals surface area (Å²) in [5, 5.41) is 3.47. The molecule has 2 aromatic rings. The lowest BCUT2D eigenvalue weighted by Crippen LogP contribution is -2.26. The van der Waals surface area contributed by atoms with E-state index in [0.29, 0.717) is 10.8 Å². The second-order valence-corrected chi connectivity index (χ2v) is 7.00. The highest BCUT2D eigenvalue weighted by atomic mass is 35.5. The van der Waals surface area contributed by atoms with Gasteiger partial charge in [-0.15, -0.1) is 0 Å². The third-order valence-corrected chi connectivity index (χ3v) is 5.06. The maximum absolute atomic E-state index is 12.4. The molecule has 0 bridgehead atoms. The Morgan fingerprint density at radius 3 is 2.38 bits per heavy atom. The van der Waals surface area contributed by atoms with Crippen LogP contribution >= 0.6 is 11.6 Å². The summed E-state index contributed by atoms with van der Waals surface area (Å²) in [6.45, 7) is 0.271. The minimum absolute atomic E-state index is 0.165. The summed E-state index contributed by atoms with van der Waals surface area (Å²) in [6, 6.07) is 10.2. The largest absolute Gasteiger partial charge is 0.373 e. The van der Waals surface area contributed by atoms with Gasteiger partial charge in [-0.1, -0.05) is 23.7 Å². The molecule has 0 spiro atoms. The third-order valence-electron chi connectivity index (χ3n) is 3.02. The quantitative estimate of drug-likeness (QED) is 0.918. The topological polar surface area (TPSA) is 62.3 Å². The molecular weight excluding hydrogens is 310 g/mol. The smallest absolute Gasteiger partial charge is 0.244 e. The van der Waals surface area contributed by atoms with Crippen LogP contribution in [0.25, 0.3) is 0 Å². The van der Waals surface area contributed by atoms with E-state index < -0.39 is 10.0 Å². The normalized spacial score (nSPS) is 11.6. The first kappa shape index (κ1) is 15.8. The number of pyridine rings is 1. The van der Waals surface area contributed by atoms with Crippen LogP contribution in [0.5, 0.6) is 0 Å². The maximum Gasteiger partial charge on any atom is 0.244 e. The summed E-state index contributed by atoms with van der Waals surface area (Å²) in [7, 11) is -0.299. The van der Waals surface area contributed by atoms with Crippen molar-refractivity contribution in [1.82, 2.24) is 9.29 Å². The summed E-state index contributed by atoms with van der Waals surface area (Å²) in [5.41, 5.74) is 0.866. The van der Waals surface area contributed by atoms with Gasteiger partial charge in [-0.25, -0.2) is 13.4 Å². The average Bonchev–Trinajstić information content (AvgIpc) is 2.49. The average molecular weight is 326 g/mol. The molecule has 21 heavy (non-hydrogen) atoms. The summed E-state index contributed by atoms with van der Waals surface area (Å²) in [6.07, 6.45) is 1.35. The van der Waals surface area contributed by atoms with Crippen LogP contribution in [0, 0.1) is 0 Å². The molecule has 1 heterocycles. The van der Waals surface area contributed by atoms with Crippen LogP contribution in [-0.2, 0) is 16.6 Å². The van der Waals surface area contributed by atoms with E-state index in [-0.39, 0.29) is 11.4 Å². The Kier molecular flexibility index (Phi) is 4.82. The monoisotopic (exact) mass is 325 g/mol. The van der Waals surface area contributed by atoms with Gasteiger partial charge < -0.3 is 5.32 Å². The van der Waals surface area contributed by atoms with Gasteiger partial charge in [0.15, 0.2) is 0 Å². The number of rotatable bonds is 5. The van der Waals surface area contributed by atoms with E-state index in [0.717, 1.165) is 5.56 Å². The van der Waals surface area contributed by atoms with Gasteiger partial charge in [0.05, 0.1) is 0 Å². The van der Waals surface area contributed by atoms with Crippen LogP contribution in [-0.4, -0.2) is 31.8 Å². The Balaban J connectivity index is 2.19. The van der Waals surface area contributed by atoms with Crippen molar-refractivity contribution in [2.45, 2.75) is 11.4 Å². The molecule has 0 saturated heterocycles. The third kappa shape index (κ3) is 3.72. The SMILES string of the molecule is CNc1ccc(S(=O)(=O)N(C)Cc2ccc(Cl)cc2)cn1. The van der Waals surface area contributed by atoms with E-state index in [1.54, 1.807) is 37.4 Å². The van der Waals surface area contributed by atoms with Gasteiger partial charge in [0.1, 0.15) is 10.7 Å². The van der Waals surface area contributed by atoms with Crippen LogP contribution < -0.4 is 5.32 Å². The first-order chi connectivity index (χ1) is 9.93. The highest BCUT2D eigenvalue weighted by molar-refractivity contribution is 7.89. The van der Waals surface area contributed by atoms with Crippen molar-refractivity contribution in [1.29, 1.82) is 0 Å². The fourth-order valence-corrected chi connectivity index (χ4v) is 3.02. The van der Waals surface area contributed by atoms with E-state index >= 15 is 0 Å². The van der Waals surface area contributed by atoms with Crippen LogP contribution in [0.3, 0.4) is 0 Å². The van der Waals surface area contributed by atoms with Crippen LogP contribution in [0.4, 0.5) is 5.82 Å². The van der Waals surface area contributed by atoms with E-state index in [2.05, 4.69) is 10.3 Å². The molecule has 1 aromatic carbocycles. The zero-order valence-corrected chi connectivity index (χ0v) is 13.3. The van der Waals surface area contributed by atoms with Gasteiger partial charge in [0.2, 0.25) is 10.0 Å². The standard InChI is InChI=1S/C14H16ClN3O2S/c1-16-14-8-7-13(9-17-14)21(19,20)18(2)10-11-3-5-12(15)6-4-11/h3-9H,10H2,1-2H3,(H,16,17). The summed E-state index contributed by atoms with van der Waals surface area (Å²) >= 11 is 5.82. The number of benzene rings is 1. The highest BCUT2D eigenvalue weighted by Crippen LogP contribution is 2.18. The summed E-state index contributed by atoms with van der Waals surface area (Å²) < 4.78 is 26.2. The zero-order chi connectivity index (χ0) is 15.5. The molecule has 1 aromatic heterocycles. The van der Waals surface area contributed by atoms with Gasteiger partial charge in [-0.05, 0) is 29.8 Å². The predicted molar refractivity (Wildman–Crippen MR) is 83.9 cm³/mol. The van der Waals surface area contributed by atoms with Gasteiger partial charge in [0, 0.05) is 31.9 Å². The Hall–Kier alpha value is -1.63. The molecule has 2 rings (SSSR count). The van der Waals surface area contributed by atoms with Crippen molar-refractivity contribution in [3.63, 3.8) is 0 Å². The summed E-state index contributed by atoms with van der Waals surface area (Å²) in [5.74, 6) is 0.620. The number of hydrogen-bond acceptors (Lipinski definition) is 4.